The number of carbonyl (C=O) groups is 1. The lowest BCUT2D eigenvalue weighted by Crippen LogP contribution is -2.40. The van der Waals surface area contributed by atoms with Crippen molar-refractivity contribution in [2.45, 2.75) is 24.9 Å². The first kappa shape index (κ1) is 17.9. The fourth-order valence-corrected chi connectivity index (χ4v) is 3.65. The molecule has 8 heteroatoms. The van der Waals surface area contributed by atoms with E-state index in [4.69, 9.17) is 11.6 Å². The van der Waals surface area contributed by atoms with Crippen molar-refractivity contribution in [2.75, 3.05) is 11.4 Å². The Hall–Kier alpha value is -3.19. The Morgan fingerprint density at radius 1 is 1.10 bits per heavy atom. The van der Waals surface area contributed by atoms with Crippen LogP contribution in [0.4, 0.5) is 5.95 Å². The lowest BCUT2D eigenvalue weighted by molar-refractivity contribution is -0.119. The smallest absolute Gasteiger partial charge is 0.251 e. The van der Waals surface area contributed by atoms with Gasteiger partial charge in [-0.05, 0) is 52.6 Å². The second-order valence-electron chi connectivity index (χ2n) is 7.27. The molecular formula is C21H19ClN6O. The maximum absolute atomic E-state index is 12.6. The number of anilines is 1. The molecule has 3 aromatic rings. The predicted molar refractivity (Wildman–Crippen MR) is 110 cm³/mol. The molecule has 1 aromatic heterocycles. The lowest BCUT2D eigenvalue weighted by atomic mass is 10.0. The summed E-state index contributed by atoms with van der Waals surface area (Å²) >= 11 is 6.07. The molecule has 2 heterocycles. The van der Waals surface area contributed by atoms with E-state index in [2.05, 4.69) is 26.9 Å². The summed E-state index contributed by atoms with van der Waals surface area (Å²) in [6.45, 7) is 0.158. The highest BCUT2D eigenvalue weighted by Crippen LogP contribution is 2.36. The van der Waals surface area contributed by atoms with Crippen molar-refractivity contribution < 1.29 is 4.79 Å². The minimum Gasteiger partial charge on any atom is -0.352 e. The topological polar surface area (TPSA) is 75.9 Å². The fraction of sp³-hybridized carbons (Fsp3) is 0.238. The Balaban J connectivity index is 1.57. The summed E-state index contributed by atoms with van der Waals surface area (Å²) in [7, 11) is 0. The minimum absolute atomic E-state index is 0.0335. The zero-order valence-corrected chi connectivity index (χ0v) is 16.3. The van der Waals surface area contributed by atoms with Crippen LogP contribution in [0, 0.1) is 0 Å². The number of carbonyl (C=O) groups excluding carboxylic acids is 1. The zero-order chi connectivity index (χ0) is 19.8. The molecule has 5 rings (SSSR count). The first-order valence-corrected chi connectivity index (χ1v) is 9.94. The number of halogens is 1. The third kappa shape index (κ3) is 3.61. The van der Waals surface area contributed by atoms with E-state index < -0.39 is 0 Å². The van der Waals surface area contributed by atoms with E-state index in [0.717, 1.165) is 29.7 Å². The number of rotatable bonds is 5. The van der Waals surface area contributed by atoms with Crippen molar-refractivity contribution in [3.05, 3.63) is 76.8 Å². The number of benzene rings is 2. The molecule has 146 valence electrons. The van der Waals surface area contributed by atoms with Crippen LogP contribution in [-0.4, -0.2) is 38.7 Å². The number of fused-ring (bicyclic) bond motifs is 1. The van der Waals surface area contributed by atoms with Crippen LogP contribution in [0.2, 0.25) is 5.02 Å². The Kier molecular flexibility index (Phi) is 4.52. The van der Waals surface area contributed by atoms with Gasteiger partial charge in [0.25, 0.3) is 5.95 Å². The Bertz CT molecular complexity index is 1060. The van der Waals surface area contributed by atoms with Crippen LogP contribution in [0.5, 0.6) is 0 Å². The van der Waals surface area contributed by atoms with Gasteiger partial charge < -0.3 is 5.32 Å². The van der Waals surface area contributed by atoms with Crippen LogP contribution in [0.15, 0.2) is 60.7 Å². The van der Waals surface area contributed by atoms with Crippen molar-refractivity contribution >= 4 is 29.2 Å². The largest absolute Gasteiger partial charge is 0.352 e. The number of amides is 1. The van der Waals surface area contributed by atoms with E-state index in [9.17, 15) is 4.79 Å². The molecule has 1 N–H and O–H groups in total. The highest BCUT2D eigenvalue weighted by atomic mass is 35.5. The van der Waals surface area contributed by atoms with Gasteiger partial charge in [0.15, 0.2) is 0 Å². The second kappa shape index (κ2) is 7.33. The second-order valence-corrected chi connectivity index (χ2v) is 7.70. The minimum atomic E-state index is -0.199. The molecule has 0 bridgehead atoms. The van der Waals surface area contributed by atoms with Crippen molar-refractivity contribution in [1.82, 2.24) is 25.5 Å². The standard InChI is InChI=1S/C21H19ClN6O/c22-16-8-6-15(7-9-16)19-12-18(14-4-2-1-3-5-14)27(21-24-25-26-28(19)21)13-20(29)23-17-10-11-17/h1-9,12,17,19H,10-11,13H2,(H,23,29)/t19-/m1/s1. The van der Waals surface area contributed by atoms with E-state index in [-0.39, 0.29) is 18.5 Å². The Labute approximate surface area is 173 Å². The third-order valence-corrected chi connectivity index (χ3v) is 5.36. The number of hydrogen-bond acceptors (Lipinski definition) is 5. The van der Waals surface area contributed by atoms with E-state index in [1.807, 2.05) is 59.5 Å². The van der Waals surface area contributed by atoms with Crippen molar-refractivity contribution in [1.29, 1.82) is 0 Å². The highest BCUT2D eigenvalue weighted by Gasteiger charge is 2.33. The number of nitrogens with zero attached hydrogens (tertiary/aromatic N) is 5. The summed E-state index contributed by atoms with van der Waals surface area (Å²) in [5.74, 6) is 0.506. The van der Waals surface area contributed by atoms with E-state index in [1.54, 1.807) is 4.68 Å². The molecule has 1 aliphatic carbocycles. The van der Waals surface area contributed by atoms with Gasteiger partial charge in [-0.3, -0.25) is 9.69 Å². The van der Waals surface area contributed by atoms with Crippen LogP contribution in [0.25, 0.3) is 5.70 Å². The number of nitrogens with one attached hydrogen (secondary N) is 1. The summed E-state index contributed by atoms with van der Waals surface area (Å²) in [5, 5.41) is 16.0. The summed E-state index contributed by atoms with van der Waals surface area (Å²) in [6.07, 6.45) is 4.18. The molecular weight excluding hydrogens is 388 g/mol. The number of allylic oxidation sites excluding steroid dienone is 1. The van der Waals surface area contributed by atoms with Crippen LogP contribution < -0.4 is 10.2 Å². The van der Waals surface area contributed by atoms with Crippen molar-refractivity contribution in [3.8, 4) is 0 Å². The van der Waals surface area contributed by atoms with Crippen LogP contribution in [0.3, 0.4) is 0 Å². The van der Waals surface area contributed by atoms with Gasteiger partial charge in [0.05, 0.1) is 5.70 Å². The number of tetrazole rings is 1. The first-order chi connectivity index (χ1) is 14.2. The monoisotopic (exact) mass is 406 g/mol. The Morgan fingerprint density at radius 2 is 1.86 bits per heavy atom. The molecule has 1 saturated carbocycles. The normalized spacial score (nSPS) is 18.2. The maximum Gasteiger partial charge on any atom is 0.251 e. The molecule has 0 unspecified atom stereocenters. The predicted octanol–water partition coefficient (Wildman–Crippen LogP) is 3.06. The molecule has 1 fully saturated rings. The van der Waals surface area contributed by atoms with Gasteiger partial charge in [0.1, 0.15) is 12.6 Å². The van der Waals surface area contributed by atoms with Gasteiger partial charge in [-0.1, -0.05) is 59.2 Å². The molecule has 2 aromatic carbocycles. The first-order valence-electron chi connectivity index (χ1n) is 9.56. The van der Waals surface area contributed by atoms with Gasteiger partial charge >= 0.3 is 0 Å². The van der Waals surface area contributed by atoms with E-state index in [0.29, 0.717) is 17.0 Å². The lowest BCUT2D eigenvalue weighted by Gasteiger charge is -2.32. The van der Waals surface area contributed by atoms with Gasteiger partial charge in [0.2, 0.25) is 5.91 Å². The van der Waals surface area contributed by atoms with Crippen LogP contribution in [0.1, 0.15) is 30.0 Å². The fourth-order valence-electron chi connectivity index (χ4n) is 3.52. The van der Waals surface area contributed by atoms with E-state index in [1.165, 1.54) is 0 Å². The Morgan fingerprint density at radius 3 is 2.59 bits per heavy atom. The molecule has 1 amide bonds. The number of hydrogen-bond donors (Lipinski definition) is 1. The van der Waals surface area contributed by atoms with Crippen LogP contribution in [-0.2, 0) is 4.79 Å². The average molecular weight is 407 g/mol. The summed E-state index contributed by atoms with van der Waals surface area (Å²) in [6, 6.07) is 17.7. The molecule has 0 spiro atoms. The van der Waals surface area contributed by atoms with Gasteiger partial charge in [0, 0.05) is 11.1 Å². The maximum atomic E-state index is 12.6. The van der Waals surface area contributed by atoms with E-state index >= 15 is 0 Å². The average Bonchev–Trinajstić information content (AvgIpc) is 3.41. The third-order valence-electron chi connectivity index (χ3n) is 5.11. The molecule has 2 aliphatic rings. The van der Waals surface area contributed by atoms with Gasteiger partial charge in [-0.2, -0.15) is 4.68 Å². The van der Waals surface area contributed by atoms with Crippen LogP contribution >= 0.6 is 11.6 Å². The summed E-state index contributed by atoms with van der Waals surface area (Å²) < 4.78 is 1.74. The molecule has 29 heavy (non-hydrogen) atoms. The van der Waals surface area contributed by atoms with Crippen molar-refractivity contribution in [3.63, 3.8) is 0 Å². The zero-order valence-electron chi connectivity index (χ0n) is 15.6. The summed E-state index contributed by atoms with van der Waals surface area (Å²) in [4.78, 5) is 14.5. The quantitative estimate of drug-likeness (QED) is 0.704. The molecule has 0 saturated heterocycles. The number of aromatic nitrogens is 4. The summed E-state index contributed by atoms with van der Waals surface area (Å²) in [5.41, 5.74) is 2.91. The molecule has 0 radical (unpaired) electrons. The SMILES string of the molecule is O=C(CN1C(c2ccccc2)=C[C@H](c2ccc(Cl)cc2)n2nnnc21)NC1CC1. The molecule has 1 atom stereocenters. The van der Waals surface area contributed by atoms with Crippen molar-refractivity contribution in [2.24, 2.45) is 0 Å². The highest BCUT2D eigenvalue weighted by molar-refractivity contribution is 6.30. The molecule has 7 nitrogen and oxygen atoms in total. The van der Waals surface area contributed by atoms with Gasteiger partial charge in [-0.15, -0.1) is 0 Å². The van der Waals surface area contributed by atoms with Gasteiger partial charge in [-0.25, -0.2) is 0 Å². The molecule has 1 aliphatic heterocycles.